The van der Waals surface area contributed by atoms with E-state index < -0.39 is 0 Å². The number of rotatable bonds is 4. The maximum absolute atomic E-state index is 6.43. The molecule has 1 unspecified atom stereocenters. The van der Waals surface area contributed by atoms with Gasteiger partial charge in [-0.3, -0.25) is 0 Å². The van der Waals surface area contributed by atoms with Crippen LogP contribution in [-0.4, -0.2) is 24.8 Å². The first-order valence-corrected chi connectivity index (χ1v) is 9.14. The monoisotopic (exact) mass is 279 g/mol. The van der Waals surface area contributed by atoms with Crippen molar-refractivity contribution in [3.05, 3.63) is 0 Å². The summed E-state index contributed by atoms with van der Waals surface area (Å²) in [4.78, 5) is 0. The molecule has 0 radical (unpaired) electrons. The van der Waals surface area contributed by atoms with Gasteiger partial charge >= 0.3 is 0 Å². The first-order valence-electron chi connectivity index (χ1n) is 9.14. The fraction of sp³-hybridized carbons (Fsp3) is 1.00. The Bertz CT molecular complexity index is 290. The van der Waals surface area contributed by atoms with Crippen LogP contribution in [0, 0.1) is 11.8 Å². The minimum Gasteiger partial charge on any atom is -0.370 e. The minimum absolute atomic E-state index is 0.296. The van der Waals surface area contributed by atoms with E-state index in [1.807, 2.05) is 0 Å². The second-order valence-electron chi connectivity index (χ2n) is 7.81. The largest absolute Gasteiger partial charge is 0.370 e. The molecule has 0 aromatic carbocycles. The third-order valence-corrected chi connectivity index (χ3v) is 6.04. The number of nitrogens with one attached hydrogen (secondary N) is 1. The summed E-state index contributed by atoms with van der Waals surface area (Å²) >= 11 is 0. The summed E-state index contributed by atoms with van der Waals surface area (Å²) in [6, 6.07) is 0. The molecule has 1 heterocycles. The van der Waals surface area contributed by atoms with Gasteiger partial charge < -0.3 is 10.1 Å². The highest BCUT2D eigenvalue weighted by Gasteiger charge is 2.40. The highest BCUT2D eigenvalue weighted by Crippen LogP contribution is 2.41. The minimum atomic E-state index is 0.296. The summed E-state index contributed by atoms with van der Waals surface area (Å²) in [5.41, 5.74) is 0.296. The van der Waals surface area contributed by atoms with Gasteiger partial charge in [0, 0.05) is 6.54 Å². The van der Waals surface area contributed by atoms with E-state index in [4.69, 9.17) is 4.74 Å². The lowest BCUT2D eigenvalue weighted by atomic mass is 9.83. The van der Waals surface area contributed by atoms with Crippen LogP contribution >= 0.6 is 0 Å². The predicted octanol–water partition coefficient (Wildman–Crippen LogP) is 4.28. The van der Waals surface area contributed by atoms with Crippen LogP contribution in [0.3, 0.4) is 0 Å². The van der Waals surface area contributed by atoms with E-state index in [2.05, 4.69) is 12.2 Å². The molecule has 3 fully saturated rings. The van der Waals surface area contributed by atoms with Gasteiger partial charge in [0.1, 0.15) is 0 Å². The number of ether oxygens (including phenoxy) is 1. The molecule has 20 heavy (non-hydrogen) atoms. The molecule has 0 amide bonds. The molecule has 1 N–H and O–H groups in total. The lowest BCUT2D eigenvalue weighted by molar-refractivity contribution is -0.0625. The van der Waals surface area contributed by atoms with E-state index in [0.717, 1.165) is 18.4 Å². The molecule has 3 aliphatic rings. The summed E-state index contributed by atoms with van der Waals surface area (Å²) < 4.78 is 6.43. The Hall–Kier alpha value is -0.0800. The van der Waals surface area contributed by atoms with Crippen molar-refractivity contribution in [2.24, 2.45) is 11.8 Å². The van der Waals surface area contributed by atoms with Gasteiger partial charge in [0.25, 0.3) is 0 Å². The van der Waals surface area contributed by atoms with Crippen molar-refractivity contribution >= 4 is 0 Å². The van der Waals surface area contributed by atoms with E-state index in [1.165, 1.54) is 77.2 Å². The molecule has 2 saturated carbocycles. The van der Waals surface area contributed by atoms with E-state index in [0.29, 0.717) is 11.7 Å². The topological polar surface area (TPSA) is 21.3 Å². The van der Waals surface area contributed by atoms with Crippen LogP contribution in [0.5, 0.6) is 0 Å². The molecule has 0 bridgehead atoms. The van der Waals surface area contributed by atoms with Crippen molar-refractivity contribution in [3.63, 3.8) is 0 Å². The predicted molar refractivity (Wildman–Crippen MR) is 83.9 cm³/mol. The molecule has 1 spiro atoms. The van der Waals surface area contributed by atoms with Crippen molar-refractivity contribution in [3.8, 4) is 0 Å². The van der Waals surface area contributed by atoms with Crippen molar-refractivity contribution in [2.45, 2.75) is 89.3 Å². The molecule has 0 aromatic heterocycles. The van der Waals surface area contributed by atoms with E-state index in [9.17, 15) is 0 Å². The van der Waals surface area contributed by atoms with Crippen LogP contribution in [0.15, 0.2) is 0 Å². The highest BCUT2D eigenvalue weighted by atomic mass is 16.5. The van der Waals surface area contributed by atoms with Crippen molar-refractivity contribution in [2.75, 3.05) is 13.1 Å². The Balaban J connectivity index is 1.33. The van der Waals surface area contributed by atoms with Gasteiger partial charge in [0.05, 0.1) is 11.7 Å². The summed E-state index contributed by atoms with van der Waals surface area (Å²) in [7, 11) is 0. The van der Waals surface area contributed by atoms with Gasteiger partial charge in [-0.1, -0.05) is 39.0 Å². The summed E-state index contributed by atoms with van der Waals surface area (Å²) in [5.74, 6) is 1.90. The molecule has 2 heteroatoms. The standard InChI is InChI=1S/C18H33NO/c1-15-5-7-16(8-6-15)13-19-14-17-9-12-18(20-17)10-3-2-4-11-18/h15-17,19H,2-14H2,1H3. The third kappa shape index (κ3) is 3.76. The summed E-state index contributed by atoms with van der Waals surface area (Å²) in [5, 5.41) is 3.71. The van der Waals surface area contributed by atoms with Crippen LogP contribution in [0.4, 0.5) is 0 Å². The van der Waals surface area contributed by atoms with Crippen LogP contribution in [0.1, 0.15) is 77.6 Å². The third-order valence-electron chi connectivity index (χ3n) is 6.04. The average Bonchev–Trinajstić information content (AvgIpc) is 2.85. The average molecular weight is 279 g/mol. The number of hydrogen-bond donors (Lipinski definition) is 1. The zero-order valence-corrected chi connectivity index (χ0v) is 13.3. The van der Waals surface area contributed by atoms with Crippen LogP contribution in [0.25, 0.3) is 0 Å². The zero-order chi connectivity index (χ0) is 13.8. The van der Waals surface area contributed by atoms with Crippen LogP contribution in [-0.2, 0) is 4.74 Å². The molecule has 3 rings (SSSR count). The molecule has 2 nitrogen and oxygen atoms in total. The summed E-state index contributed by atoms with van der Waals surface area (Å²) in [6.07, 6.45) is 15.7. The van der Waals surface area contributed by atoms with Gasteiger partial charge in [0.15, 0.2) is 0 Å². The van der Waals surface area contributed by atoms with Crippen LogP contribution < -0.4 is 5.32 Å². The van der Waals surface area contributed by atoms with Gasteiger partial charge in [-0.2, -0.15) is 0 Å². The van der Waals surface area contributed by atoms with Crippen molar-refractivity contribution in [1.82, 2.24) is 5.32 Å². The second kappa shape index (κ2) is 6.79. The van der Waals surface area contributed by atoms with Crippen molar-refractivity contribution < 1.29 is 4.74 Å². The van der Waals surface area contributed by atoms with Gasteiger partial charge in [0.2, 0.25) is 0 Å². The maximum atomic E-state index is 6.43. The molecule has 1 atom stereocenters. The Morgan fingerprint density at radius 1 is 0.900 bits per heavy atom. The Morgan fingerprint density at radius 3 is 2.40 bits per heavy atom. The fourth-order valence-electron chi connectivity index (χ4n) is 4.58. The zero-order valence-electron chi connectivity index (χ0n) is 13.3. The lowest BCUT2D eigenvalue weighted by Gasteiger charge is -2.33. The van der Waals surface area contributed by atoms with E-state index >= 15 is 0 Å². The molecule has 1 saturated heterocycles. The maximum Gasteiger partial charge on any atom is 0.0708 e. The molecule has 0 aromatic rings. The molecule has 116 valence electrons. The normalized spacial score (nSPS) is 37.4. The Morgan fingerprint density at radius 2 is 1.65 bits per heavy atom. The van der Waals surface area contributed by atoms with Crippen molar-refractivity contribution in [1.29, 1.82) is 0 Å². The van der Waals surface area contributed by atoms with Gasteiger partial charge in [-0.05, 0) is 56.9 Å². The first kappa shape index (κ1) is 14.8. The molecule has 2 aliphatic carbocycles. The first-order chi connectivity index (χ1) is 9.76. The SMILES string of the molecule is CC1CCC(CNCC2CCC3(CCCCC3)O2)CC1. The molecular formula is C18H33NO. The van der Waals surface area contributed by atoms with Gasteiger partial charge in [-0.15, -0.1) is 0 Å². The quantitative estimate of drug-likeness (QED) is 0.829. The smallest absolute Gasteiger partial charge is 0.0708 e. The number of hydrogen-bond acceptors (Lipinski definition) is 2. The summed E-state index contributed by atoms with van der Waals surface area (Å²) in [6.45, 7) is 4.72. The highest BCUT2D eigenvalue weighted by molar-refractivity contribution is 4.91. The Kier molecular flexibility index (Phi) is 5.04. The van der Waals surface area contributed by atoms with Crippen LogP contribution in [0.2, 0.25) is 0 Å². The second-order valence-corrected chi connectivity index (χ2v) is 7.81. The Labute approximate surface area is 125 Å². The van der Waals surface area contributed by atoms with Gasteiger partial charge in [-0.25, -0.2) is 0 Å². The molecule has 1 aliphatic heterocycles. The fourth-order valence-corrected chi connectivity index (χ4v) is 4.58. The van der Waals surface area contributed by atoms with E-state index in [1.54, 1.807) is 0 Å². The lowest BCUT2D eigenvalue weighted by Crippen LogP contribution is -2.36. The van der Waals surface area contributed by atoms with E-state index in [-0.39, 0.29) is 0 Å². The molecular weight excluding hydrogens is 246 g/mol.